The van der Waals surface area contributed by atoms with Gasteiger partial charge in [0.25, 0.3) is 0 Å². The normalized spacial score (nSPS) is 12.4. The fraction of sp³-hybridized carbons (Fsp3) is 0.571. The van der Waals surface area contributed by atoms with Gasteiger partial charge >= 0.3 is 0 Å². The van der Waals surface area contributed by atoms with E-state index in [1.54, 1.807) is 0 Å². The summed E-state index contributed by atoms with van der Waals surface area (Å²) in [5.41, 5.74) is 1.41. The summed E-state index contributed by atoms with van der Waals surface area (Å²) in [6.07, 6.45) is 3.69. The summed E-state index contributed by atoms with van der Waals surface area (Å²) in [5.74, 6) is 1.54. The third-order valence-corrected chi connectivity index (χ3v) is 3.65. The van der Waals surface area contributed by atoms with Crippen LogP contribution in [0.15, 0.2) is 24.3 Å². The zero-order valence-corrected chi connectivity index (χ0v) is 11.8. The molecule has 1 aromatic carbocycles. The molecule has 1 unspecified atom stereocenters. The molecule has 0 aliphatic heterocycles. The second-order valence-electron chi connectivity index (χ2n) is 4.32. The lowest BCUT2D eigenvalue weighted by atomic mass is 10.1. The Kier molecular flexibility index (Phi) is 6.55. The van der Waals surface area contributed by atoms with Crippen LogP contribution >= 0.6 is 15.9 Å². The van der Waals surface area contributed by atoms with Gasteiger partial charge in [-0.25, -0.2) is 0 Å². The van der Waals surface area contributed by atoms with Crippen molar-refractivity contribution >= 4 is 15.9 Å². The van der Waals surface area contributed by atoms with Crippen LogP contribution in [0.5, 0.6) is 5.75 Å². The topological polar surface area (TPSA) is 9.23 Å². The molecule has 90 valence electrons. The molecule has 0 heterocycles. The van der Waals surface area contributed by atoms with Gasteiger partial charge in [0, 0.05) is 5.33 Å². The minimum absolute atomic E-state index is 0.555. The standard InChI is InChI=1S/C14H21BrO/c1-3-4-5-13-6-8-14(9-7-13)16-11-12(2)10-15/h6-9,12H,3-5,10-11H2,1-2H3. The predicted octanol–water partition coefficient (Wildman–Crippen LogP) is 4.44. The lowest BCUT2D eigenvalue weighted by Crippen LogP contribution is -2.09. The molecule has 0 aromatic heterocycles. The number of hydrogen-bond donors (Lipinski definition) is 0. The van der Waals surface area contributed by atoms with Crippen molar-refractivity contribution in [3.63, 3.8) is 0 Å². The molecular formula is C14H21BrO. The van der Waals surface area contributed by atoms with Crippen molar-refractivity contribution in [2.45, 2.75) is 33.1 Å². The van der Waals surface area contributed by atoms with Crippen molar-refractivity contribution in [2.75, 3.05) is 11.9 Å². The number of hydrogen-bond acceptors (Lipinski definition) is 1. The Morgan fingerprint density at radius 2 is 1.94 bits per heavy atom. The summed E-state index contributed by atoms with van der Waals surface area (Å²) < 4.78 is 5.69. The largest absolute Gasteiger partial charge is 0.493 e. The van der Waals surface area contributed by atoms with Gasteiger partial charge in [-0.3, -0.25) is 0 Å². The summed E-state index contributed by atoms with van der Waals surface area (Å²) in [6, 6.07) is 8.49. The van der Waals surface area contributed by atoms with E-state index in [2.05, 4.69) is 54.0 Å². The molecule has 0 bridgehead atoms. The zero-order valence-electron chi connectivity index (χ0n) is 10.2. The van der Waals surface area contributed by atoms with E-state index in [9.17, 15) is 0 Å². The first-order valence-corrected chi connectivity index (χ1v) is 7.16. The van der Waals surface area contributed by atoms with Gasteiger partial charge in [-0.1, -0.05) is 48.3 Å². The van der Waals surface area contributed by atoms with Crippen LogP contribution in [0, 0.1) is 5.92 Å². The number of rotatable bonds is 7. The van der Waals surface area contributed by atoms with Gasteiger partial charge in [-0.05, 0) is 36.5 Å². The fourth-order valence-electron chi connectivity index (χ4n) is 1.42. The van der Waals surface area contributed by atoms with E-state index in [1.807, 2.05) is 0 Å². The molecule has 0 aliphatic rings. The average molecular weight is 285 g/mol. The van der Waals surface area contributed by atoms with E-state index in [0.29, 0.717) is 5.92 Å². The van der Waals surface area contributed by atoms with Gasteiger partial charge in [0.15, 0.2) is 0 Å². The maximum atomic E-state index is 5.69. The van der Waals surface area contributed by atoms with Crippen molar-refractivity contribution in [3.05, 3.63) is 29.8 Å². The maximum absolute atomic E-state index is 5.69. The number of unbranched alkanes of at least 4 members (excludes halogenated alkanes) is 1. The smallest absolute Gasteiger partial charge is 0.119 e. The Morgan fingerprint density at radius 1 is 1.25 bits per heavy atom. The Morgan fingerprint density at radius 3 is 2.50 bits per heavy atom. The lowest BCUT2D eigenvalue weighted by Gasteiger charge is -2.10. The molecule has 1 rings (SSSR count). The molecule has 16 heavy (non-hydrogen) atoms. The molecule has 2 heteroatoms. The zero-order chi connectivity index (χ0) is 11.8. The van der Waals surface area contributed by atoms with Crippen LogP contribution in [0.3, 0.4) is 0 Å². The quantitative estimate of drug-likeness (QED) is 0.673. The highest BCUT2D eigenvalue weighted by Gasteiger charge is 2.01. The van der Waals surface area contributed by atoms with Crippen LogP contribution in [-0.2, 0) is 6.42 Å². The third-order valence-electron chi connectivity index (χ3n) is 2.54. The molecule has 0 aliphatic carbocycles. The summed E-state index contributed by atoms with van der Waals surface area (Å²) >= 11 is 3.45. The fourth-order valence-corrected chi connectivity index (χ4v) is 1.60. The van der Waals surface area contributed by atoms with Gasteiger partial charge in [0.2, 0.25) is 0 Å². The highest BCUT2D eigenvalue weighted by atomic mass is 79.9. The van der Waals surface area contributed by atoms with Gasteiger partial charge in [0.1, 0.15) is 5.75 Å². The van der Waals surface area contributed by atoms with Crippen LogP contribution in [0.25, 0.3) is 0 Å². The van der Waals surface area contributed by atoms with Crippen LogP contribution in [0.4, 0.5) is 0 Å². The number of alkyl halides is 1. The molecule has 0 radical (unpaired) electrons. The number of halogens is 1. The van der Waals surface area contributed by atoms with E-state index in [0.717, 1.165) is 17.7 Å². The molecule has 1 atom stereocenters. The molecule has 0 amide bonds. The molecule has 1 aromatic rings. The molecule has 0 fully saturated rings. The van der Waals surface area contributed by atoms with Crippen LogP contribution in [0.2, 0.25) is 0 Å². The first-order chi connectivity index (χ1) is 7.76. The Hall–Kier alpha value is -0.500. The average Bonchev–Trinajstić information content (AvgIpc) is 2.34. The molecule has 0 spiro atoms. The number of benzene rings is 1. The Labute approximate surface area is 107 Å². The van der Waals surface area contributed by atoms with E-state index >= 15 is 0 Å². The molecule has 0 saturated heterocycles. The SMILES string of the molecule is CCCCc1ccc(OCC(C)CBr)cc1. The minimum atomic E-state index is 0.555. The molecule has 0 saturated carbocycles. The summed E-state index contributed by atoms with van der Waals surface area (Å²) in [6.45, 7) is 5.17. The second kappa shape index (κ2) is 7.72. The van der Waals surface area contributed by atoms with Crippen LogP contribution in [0.1, 0.15) is 32.3 Å². The van der Waals surface area contributed by atoms with Crippen molar-refractivity contribution in [1.29, 1.82) is 0 Å². The van der Waals surface area contributed by atoms with Gasteiger partial charge in [0.05, 0.1) is 6.61 Å². The van der Waals surface area contributed by atoms with Crippen molar-refractivity contribution in [3.8, 4) is 5.75 Å². The van der Waals surface area contributed by atoms with Crippen molar-refractivity contribution < 1.29 is 4.74 Å². The summed E-state index contributed by atoms with van der Waals surface area (Å²) in [7, 11) is 0. The maximum Gasteiger partial charge on any atom is 0.119 e. The van der Waals surface area contributed by atoms with Gasteiger partial charge in [-0.15, -0.1) is 0 Å². The number of ether oxygens (including phenoxy) is 1. The first-order valence-electron chi connectivity index (χ1n) is 6.04. The second-order valence-corrected chi connectivity index (χ2v) is 4.97. The summed E-state index contributed by atoms with van der Waals surface area (Å²) in [4.78, 5) is 0. The highest BCUT2D eigenvalue weighted by Crippen LogP contribution is 2.15. The predicted molar refractivity (Wildman–Crippen MR) is 73.5 cm³/mol. The molecule has 0 N–H and O–H groups in total. The van der Waals surface area contributed by atoms with E-state index in [-0.39, 0.29) is 0 Å². The van der Waals surface area contributed by atoms with Crippen LogP contribution < -0.4 is 4.74 Å². The number of aryl methyl sites for hydroxylation is 1. The van der Waals surface area contributed by atoms with Gasteiger partial charge in [-0.2, -0.15) is 0 Å². The van der Waals surface area contributed by atoms with Gasteiger partial charge < -0.3 is 4.74 Å². The molecular weight excluding hydrogens is 264 g/mol. The van der Waals surface area contributed by atoms with Crippen LogP contribution in [-0.4, -0.2) is 11.9 Å². The third kappa shape index (κ3) is 5.02. The molecule has 1 nitrogen and oxygen atoms in total. The minimum Gasteiger partial charge on any atom is -0.493 e. The van der Waals surface area contributed by atoms with Crippen molar-refractivity contribution in [2.24, 2.45) is 5.92 Å². The Balaban J connectivity index is 2.38. The summed E-state index contributed by atoms with van der Waals surface area (Å²) in [5, 5.41) is 0.988. The van der Waals surface area contributed by atoms with E-state index in [4.69, 9.17) is 4.74 Å². The lowest BCUT2D eigenvalue weighted by molar-refractivity contribution is 0.274. The highest BCUT2D eigenvalue weighted by molar-refractivity contribution is 9.09. The van der Waals surface area contributed by atoms with E-state index < -0.39 is 0 Å². The Bertz CT molecular complexity index is 281. The monoisotopic (exact) mass is 284 g/mol. The van der Waals surface area contributed by atoms with Crippen molar-refractivity contribution in [1.82, 2.24) is 0 Å². The van der Waals surface area contributed by atoms with E-state index in [1.165, 1.54) is 24.8 Å². The first kappa shape index (κ1) is 13.6.